The van der Waals surface area contributed by atoms with Crippen molar-refractivity contribution < 1.29 is 29.3 Å². The number of hydrogen-bond donors (Lipinski definition) is 2. The highest BCUT2D eigenvalue weighted by atomic mass is 16.5. The molecule has 2 bridgehead atoms. The molecular weight excluding hydrogens is 400 g/mol. The molecule has 3 aliphatic heterocycles. The lowest BCUT2D eigenvalue weighted by atomic mass is 9.70. The molecule has 3 fully saturated rings. The molecule has 3 heterocycles. The summed E-state index contributed by atoms with van der Waals surface area (Å²) in [6.07, 6.45) is 2.78. The van der Waals surface area contributed by atoms with Crippen molar-refractivity contribution in [2.75, 3.05) is 19.7 Å². The number of β-amino-alcohol motifs (C(OH)–C–C–N with tert-alkyl or cyclic N) is 1. The number of likely N-dealkylation sites (tertiary alicyclic amines) is 1. The largest absolute Gasteiger partial charge is 0.481 e. The molecule has 31 heavy (non-hydrogen) atoms. The zero-order chi connectivity index (χ0) is 23.4. The third kappa shape index (κ3) is 3.78. The Bertz CT molecular complexity index is 773. The third-order valence-electron chi connectivity index (χ3n) is 6.93. The monoisotopic (exact) mass is 436 g/mol. The number of aliphatic carboxylic acids is 1. The van der Waals surface area contributed by atoms with Crippen LogP contribution in [-0.2, 0) is 19.1 Å². The first-order valence-electron chi connectivity index (χ1n) is 11.0. The van der Waals surface area contributed by atoms with Crippen molar-refractivity contribution in [3.8, 4) is 0 Å². The Hall–Kier alpha value is -1.93. The van der Waals surface area contributed by atoms with Crippen LogP contribution in [0.25, 0.3) is 0 Å². The highest BCUT2D eigenvalue weighted by Crippen LogP contribution is 2.58. The first kappa shape index (κ1) is 23.7. The number of carbonyl (C=O) groups excluding carboxylic acids is 2. The average Bonchev–Trinajstić information content (AvgIpc) is 3.25. The van der Waals surface area contributed by atoms with Crippen molar-refractivity contribution in [2.45, 2.75) is 77.2 Å². The van der Waals surface area contributed by atoms with Gasteiger partial charge in [-0.05, 0) is 38.5 Å². The summed E-state index contributed by atoms with van der Waals surface area (Å²) in [5.74, 6) is -3.62. The minimum absolute atomic E-state index is 0.0323. The maximum atomic E-state index is 14.1. The maximum Gasteiger partial charge on any atom is 0.310 e. The van der Waals surface area contributed by atoms with Crippen LogP contribution in [0.4, 0.5) is 0 Å². The number of nitrogens with zero attached hydrogens (tertiary/aromatic N) is 2. The lowest BCUT2D eigenvalue weighted by Gasteiger charge is -2.45. The van der Waals surface area contributed by atoms with E-state index in [4.69, 9.17) is 4.74 Å². The normalized spacial score (nSPS) is 32.3. The average molecular weight is 437 g/mol. The van der Waals surface area contributed by atoms with Crippen molar-refractivity contribution >= 4 is 17.8 Å². The van der Waals surface area contributed by atoms with Crippen LogP contribution >= 0.6 is 0 Å². The summed E-state index contributed by atoms with van der Waals surface area (Å²) in [6, 6.07) is -0.953. The fourth-order valence-corrected chi connectivity index (χ4v) is 6.37. The van der Waals surface area contributed by atoms with Crippen LogP contribution in [-0.4, -0.2) is 80.8 Å². The number of fused-ring (bicyclic) bond motifs is 1. The summed E-state index contributed by atoms with van der Waals surface area (Å²) in [4.78, 5) is 42.5. The zero-order valence-corrected chi connectivity index (χ0v) is 19.3. The molecule has 174 valence electrons. The van der Waals surface area contributed by atoms with Gasteiger partial charge in [0.15, 0.2) is 0 Å². The summed E-state index contributed by atoms with van der Waals surface area (Å²) < 4.78 is 6.18. The molecule has 0 aliphatic carbocycles. The molecule has 5 atom stereocenters. The van der Waals surface area contributed by atoms with Gasteiger partial charge in [-0.2, -0.15) is 0 Å². The van der Waals surface area contributed by atoms with Gasteiger partial charge in [0.2, 0.25) is 11.8 Å². The van der Waals surface area contributed by atoms with Crippen molar-refractivity contribution in [1.29, 1.82) is 0 Å². The summed E-state index contributed by atoms with van der Waals surface area (Å²) >= 11 is 0. The highest BCUT2D eigenvalue weighted by molar-refractivity contribution is 5.98. The van der Waals surface area contributed by atoms with E-state index in [0.29, 0.717) is 19.4 Å². The van der Waals surface area contributed by atoms with E-state index in [0.717, 1.165) is 6.42 Å². The predicted octanol–water partition coefficient (Wildman–Crippen LogP) is 1.67. The van der Waals surface area contributed by atoms with Crippen LogP contribution in [0.1, 0.15) is 53.9 Å². The molecule has 2 amide bonds. The number of amides is 2. The number of aliphatic hydroxyl groups excluding tert-OH is 1. The minimum atomic E-state index is -1.16. The Balaban J connectivity index is 2.05. The van der Waals surface area contributed by atoms with Gasteiger partial charge in [0.25, 0.3) is 0 Å². The minimum Gasteiger partial charge on any atom is -0.481 e. The molecular formula is C23H36N2O6. The third-order valence-corrected chi connectivity index (χ3v) is 6.93. The van der Waals surface area contributed by atoms with E-state index < -0.39 is 47.0 Å². The number of carboxylic acid groups (broad SMARTS) is 1. The lowest BCUT2D eigenvalue weighted by molar-refractivity contribution is -0.153. The van der Waals surface area contributed by atoms with Crippen LogP contribution in [0.5, 0.6) is 0 Å². The number of ether oxygens (including phenoxy) is 1. The van der Waals surface area contributed by atoms with E-state index in [1.165, 1.54) is 4.90 Å². The zero-order valence-electron chi connectivity index (χ0n) is 19.3. The first-order valence-corrected chi connectivity index (χ1v) is 11.0. The second kappa shape index (κ2) is 7.89. The molecule has 2 N–H and O–H groups in total. The number of carboxylic acids is 1. The Morgan fingerprint density at radius 2 is 1.97 bits per heavy atom. The molecule has 1 spiro atoms. The van der Waals surface area contributed by atoms with E-state index in [-0.39, 0.29) is 24.5 Å². The number of rotatable bonds is 8. The van der Waals surface area contributed by atoms with E-state index in [9.17, 15) is 24.6 Å². The predicted molar refractivity (Wildman–Crippen MR) is 114 cm³/mol. The van der Waals surface area contributed by atoms with Gasteiger partial charge >= 0.3 is 5.97 Å². The van der Waals surface area contributed by atoms with Crippen molar-refractivity contribution in [2.24, 2.45) is 17.3 Å². The Labute approximate surface area is 184 Å². The summed E-state index contributed by atoms with van der Waals surface area (Å²) in [6.45, 7) is 14.1. The molecule has 0 aromatic heterocycles. The second-order valence-electron chi connectivity index (χ2n) is 10.9. The molecule has 3 aliphatic rings. The first-order chi connectivity index (χ1) is 14.3. The van der Waals surface area contributed by atoms with E-state index >= 15 is 0 Å². The molecule has 0 aromatic rings. The van der Waals surface area contributed by atoms with E-state index in [2.05, 4.69) is 27.4 Å². The lowest BCUT2D eigenvalue weighted by Crippen LogP contribution is -2.61. The number of aliphatic hydroxyl groups is 1. The standard InChI is InChI=1S/C23H36N2O6/c1-7-10-25(22(5,6)13-21(2,3)4)19(28)17-23-9-8-14(31-23)15(20(29)30)16(23)18(27)24(17)11-12-26/h7,14-17,26H,1,8-13H2,2-6H3,(H,29,30)/t14-,15+,16-,17?,23?/m0/s1. The van der Waals surface area contributed by atoms with Gasteiger partial charge in [-0.25, -0.2) is 0 Å². The molecule has 8 nitrogen and oxygen atoms in total. The topological polar surface area (TPSA) is 107 Å². The van der Waals surface area contributed by atoms with Gasteiger partial charge in [-0.3, -0.25) is 14.4 Å². The maximum absolute atomic E-state index is 14.1. The van der Waals surface area contributed by atoms with Crippen LogP contribution in [0.3, 0.4) is 0 Å². The molecule has 2 unspecified atom stereocenters. The van der Waals surface area contributed by atoms with Crippen molar-refractivity contribution in [3.63, 3.8) is 0 Å². The van der Waals surface area contributed by atoms with Crippen LogP contribution in [0, 0.1) is 17.3 Å². The molecule has 0 aromatic carbocycles. The van der Waals surface area contributed by atoms with Crippen molar-refractivity contribution in [3.05, 3.63) is 12.7 Å². The molecule has 0 saturated carbocycles. The van der Waals surface area contributed by atoms with Gasteiger partial charge < -0.3 is 24.7 Å². The molecule has 8 heteroatoms. The molecule has 3 rings (SSSR count). The van der Waals surface area contributed by atoms with Gasteiger partial charge in [-0.15, -0.1) is 6.58 Å². The van der Waals surface area contributed by atoms with E-state index in [1.54, 1.807) is 11.0 Å². The Morgan fingerprint density at radius 1 is 1.32 bits per heavy atom. The Morgan fingerprint density at radius 3 is 2.48 bits per heavy atom. The summed E-state index contributed by atoms with van der Waals surface area (Å²) in [7, 11) is 0. The quantitative estimate of drug-likeness (QED) is 0.561. The van der Waals surface area contributed by atoms with Gasteiger partial charge in [-0.1, -0.05) is 26.8 Å². The highest BCUT2D eigenvalue weighted by Gasteiger charge is 2.75. The molecule has 3 saturated heterocycles. The van der Waals surface area contributed by atoms with Crippen LogP contribution in [0.2, 0.25) is 0 Å². The van der Waals surface area contributed by atoms with Crippen LogP contribution in [0.15, 0.2) is 12.7 Å². The van der Waals surface area contributed by atoms with Crippen LogP contribution < -0.4 is 0 Å². The summed E-state index contributed by atoms with van der Waals surface area (Å²) in [5.41, 5.74) is -1.74. The number of carbonyl (C=O) groups is 3. The van der Waals surface area contributed by atoms with Gasteiger partial charge in [0.05, 0.1) is 24.5 Å². The van der Waals surface area contributed by atoms with Gasteiger partial charge in [0, 0.05) is 18.6 Å². The summed E-state index contributed by atoms with van der Waals surface area (Å²) in [5, 5.41) is 19.4. The van der Waals surface area contributed by atoms with Crippen molar-refractivity contribution in [1.82, 2.24) is 9.80 Å². The second-order valence-corrected chi connectivity index (χ2v) is 10.9. The molecule has 0 radical (unpaired) electrons. The SMILES string of the molecule is C=CCN(C(=O)C1N(CCO)C(=O)[C@@H]2[C@H](C(=O)O)[C@@H]3CCC12O3)C(C)(C)CC(C)(C)C. The van der Waals surface area contributed by atoms with E-state index in [1.807, 2.05) is 13.8 Å². The smallest absolute Gasteiger partial charge is 0.310 e. The Kier molecular flexibility index (Phi) is 6.04. The fourth-order valence-electron chi connectivity index (χ4n) is 6.37. The number of hydrogen-bond acceptors (Lipinski definition) is 5. The fraction of sp³-hybridized carbons (Fsp3) is 0.783. The van der Waals surface area contributed by atoms with Gasteiger partial charge in [0.1, 0.15) is 11.6 Å².